The van der Waals surface area contributed by atoms with Crippen molar-refractivity contribution in [3.8, 4) is 0 Å². The molecule has 0 aliphatic heterocycles. The minimum absolute atomic E-state index is 0.172. The summed E-state index contributed by atoms with van der Waals surface area (Å²) in [5.74, 6) is -0.684. The van der Waals surface area contributed by atoms with E-state index in [4.69, 9.17) is 9.47 Å². The lowest BCUT2D eigenvalue weighted by atomic mass is 10.0. The average molecular weight is 256 g/mol. The largest absolute Gasteiger partial charge is 0.458 e. The van der Waals surface area contributed by atoms with Gasteiger partial charge in [-0.25, -0.2) is 4.79 Å². The Labute approximate surface area is 109 Å². The third-order valence-electron chi connectivity index (χ3n) is 1.93. The summed E-state index contributed by atoms with van der Waals surface area (Å²) in [6, 6.07) is 0. The lowest BCUT2D eigenvalue weighted by Crippen LogP contribution is -2.29. The highest BCUT2D eigenvalue weighted by molar-refractivity contribution is 5.90. The van der Waals surface area contributed by atoms with Crippen LogP contribution in [-0.4, -0.2) is 23.6 Å². The van der Waals surface area contributed by atoms with Crippen molar-refractivity contribution < 1.29 is 19.1 Å². The first-order valence-corrected chi connectivity index (χ1v) is 6.15. The van der Waals surface area contributed by atoms with Gasteiger partial charge in [0.25, 0.3) is 0 Å². The molecule has 0 heterocycles. The summed E-state index contributed by atoms with van der Waals surface area (Å²) in [4.78, 5) is 23.0. The van der Waals surface area contributed by atoms with Crippen LogP contribution in [0.15, 0.2) is 11.6 Å². The molecule has 4 heteroatoms. The molecule has 0 unspecified atom stereocenters. The van der Waals surface area contributed by atoms with Crippen LogP contribution < -0.4 is 0 Å². The van der Waals surface area contributed by atoms with E-state index in [0.717, 1.165) is 0 Å². The van der Waals surface area contributed by atoms with E-state index >= 15 is 0 Å². The summed E-state index contributed by atoms with van der Waals surface area (Å²) in [5.41, 5.74) is -0.182. The summed E-state index contributed by atoms with van der Waals surface area (Å²) < 4.78 is 10.3. The number of carbonyl (C=O) groups excluding carboxylic acids is 2. The van der Waals surface area contributed by atoms with Crippen molar-refractivity contribution in [2.45, 2.75) is 60.2 Å². The smallest absolute Gasteiger partial charge is 0.337 e. The molecule has 0 aromatic rings. The maximum absolute atomic E-state index is 12.0. The molecule has 0 aromatic heterocycles. The Bertz CT molecular complexity index is 334. The van der Waals surface area contributed by atoms with Gasteiger partial charge in [-0.1, -0.05) is 19.9 Å². The summed E-state index contributed by atoms with van der Waals surface area (Å²) in [7, 11) is 0. The molecule has 0 aliphatic carbocycles. The van der Waals surface area contributed by atoms with Gasteiger partial charge >= 0.3 is 11.9 Å². The lowest BCUT2D eigenvalue weighted by molar-refractivity contribution is -0.153. The number of rotatable bonds is 4. The number of carbonyl (C=O) groups is 2. The molecule has 0 saturated heterocycles. The van der Waals surface area contributed by atoms with Gasteiger partial charge < -0.3 is 9.47 Å². The van der Waals surface area contributed by atoms with Gasteiger partial charge in [0, 0.05) is 6.92 Å². The van der Waals surface area contributed by atoms with Crippen molar-refractivity contribution in [2.75, 3.05) is 0 Å². The maximum Gasteiger partial charge on any atom is 0.337 e. The van der Waals surface area contributed by atoms with Gasteiger partial charge in [0.1, 0.15) is 11.7 Å². The third-order valence-corrected chi connectivity index (χ3v) is 1.93. The van der Waals surface area contributed by atoms with E-state index in [9.17, 15) is 9.59 Å². The Morgan fingerprint density at radius 3 is 1.94 bits per heavy atom. The standard InChI is InChI=1S/C14H24O4/c1-9(2)8-12(10(3)17-11(4)15)13(16)18-14(5,6)7/h8-10H,1-7H3/b12-8-/t10-/m1/s1. The highest BCUT2D eigenvalue weighted by Crippen LogP contribution is 2.17. The number of ether oxygens (including phenoxy) is 2. The fraction of sp³-hybridized carbons (Fsp3) is 0.714. The zero-order chi connectivity index (χ0) is 14.5. The summed E-state index contributed by atoms with van der Waals surface area (Å²) in [6.07, 6.45) is 1.17. The number of hydrogen-bond donors (Lipinski definition) is 0. The van der Waals surface area contributed by atoms with E-state index < -0.39 is 23.6 Å². The summed E-state index contributed by atoms with van der Waals surface area (Å²) in [5, 5.41) is 0. The van der Waals surface area contributed by atoms with Gasteiger partial charge in [-0.05, 0) is 33.6 Å². The van der Waals surface area contributed by atoms with Crippen molar-refractivity contribution in [3.05, 3.63) is 11.6 Å². The molecule has 0 amide bonds. The Morgan fingerprint density at radius 1 is 1.11 bits per heavy atom. The van der Waals surface area contributed by atoms with Crippen molar-refractivity contribution in [3.63, 3.8) is 0 Å². The van der Waals surface area contributed by atoms with Gasteiger partial charge in [0.05, 0.1) is 5.57 Å². The highest BCUT2D eigenvalue weighted by atomic mass is 16.6. The SMILES string of the molecule is CC(=O)O[C@H](C)/C(=C/C(C)C)C(=O)OC(C)(C)C. The monoisotopic (exact) mass is 256 g/mol. The number of hydrogen-bond acceptors (Lipinski definition) is 4. The molecule has 0 radical (unpaired) electrons. The van der Waals surface area contributed by atoms with E-state index in [0.29, 0.717) is 5.57 Å². The molecule has 18 heavy (non-hydrogen) atoms. The highest BCUT2D eigenvalue weighted by Gasteiger charge is 2.25. The Morgan fingerprint density at radius 2 is 1.61 bits per heavy atom. The lowest BCUT2D eigenvalue weighted by Gasteiger charge is -2.23. The van der Waals surface area contributed by atoms with E-state index in [-0.39, 0.29) is 5.92 Å². The Hall–Kier alpha value is -1.32. The molecule has 0 saturated carbocycles. The molecule has 1 atom stereocenters. The van der Waals surface area contributed by atoms with Crippen LogP contribution in [0.5, 0.6) is 0 Å². The van der Waals surface area contributed by atoms with E-state index in [2.05, 4.69) is 0 Å². The molecule has 0 aliphatic rings. The van der Waals surface area contributed by atoms with Crippen LogP contribution in [0.25, 0.3) is 0 Å². The summed E-state index contributed by atoms with van der Waals surface area (Å²) in [6.45, 7) is 12.3. The first-order valence-electron chi connectivity index (χ1n) is 6.15. The average Bonchev–Trinajstić information content (AvgIpc) is 2.09. The van der Waals surface area contributed by atoms with E-state index in [1.54, 1.807) is 33.8 Å². The van der Waals surface area contributed by atoms with Gasteiger partial charge in [0.2, 0.25) is 0 Å². The van der Waals surface area contributed by atoms with Crippen LogP contribution in [0.3, 0.4) is 0 Å². The van der Waals surface area contributed by atoms with Crippen LogP contribution >= 0.6 is 0 Å². The number of esters is 2. The second kappa shape index (κ2) is 6.57. The molecule has 0 bridgehead atoms. The molecule has 0 aromatic carbocycles. The normalized spacial score (nSPS) is 14.3. The summed E-state index contributed by atoms with van der Waals surface area (Å²) >= 11 is 0. The third kappa shape index (κ3) is 7.09. The predicted molar refractivity (Wildman–Crippen MR) is 70.0 cm³/mol. The number of allylic oxidation sites excluding steroid dienone is 1. The van der Waals surface area contributed by atoms with Crippen molar-refractivity contribution in [1.82, 2.24) is 0 Å². The minimum Gasteiger partial charge on any atom is -0.458 e. The molecule has 0 rings (SSSR count). The fourth-order valence-electron chi connectivity index (χ4n) is 1.38. The Kier molecular flexibility index (Phi) is 6.09. The second-order valence-corrected chi connectivity index (χ2v) is 5.62. The topological polar surface area (TPSA) is 52.6 Å². The molecule has 4 nitrogen and oxygen atoms in total. The molecule has 0 N–H and O–H groups in total. The van der Waals surface area contributed by atoms with Crippen molar-refractivity contribution in [1.29, 1.82) is 0 Å². The fourth-order valence-corrected chi connectivity index (χ4v) is 1.38. The van der Waals surface area contributed by atoms with Crippen LogP contribution in [0.4, 0.5) is 0 Å². The van der Waals surface area contributed by atoms with Gasteiger partial charge in [-0.3, -0.25) is 4.79 Å². The van der Waals surface area contributed by atoms with Crippen LogP contribution in [-0.2, 0) is 19.1 Å². The molecular weight excluding hydrogens is 232 g/mol. The van der Waals surface area contributed by atoms with Crippen LogP contribution in [0, 0.1) is 5.92 Å². The predicted octanol–water partition coefficient (Wildman–Crippen LogP) is 2.86. The van der Waals surface area contributed by atoms with Gasteiger partial charge in [0.15, 0.2) is 0 Å². The second-order valence-electron chi connectivity index (χ2n) is 5.62. The minimum atomic E-state index is -0.597. The molecule has 0 fully saturated rings. The quantitative estimate of drug-likeness (QED) is 0.573. The van der Waals surface area contributed by atoms with Gasteiger partial charge in [-0.2, -0.15) is 0 Å². The zero-order valence-electron chi connectivity index (χ0n) is 12.4. The molecular formula is C14H24O4. The van der Waals surface area contributed by atoms with Crippen LogP contribution in [0.1, 0.15) is 48.5 Å². The Balaban J connectivity index is 5.01. The first kappa shape index (κ1) is 16.7. The van der Waals surface area contributed by atoms with Gasteiger partial charge in [-0.15, -0.1) is 0 Å². The van der Waals surface area contributed by atoms with Crippen molar-refractivity contribution in [2.24, 2.45) is 5.92 Å². The maximum atomic E-state index is 12.0. The molecule has 0 spiro atoms. The van der Waals surface area contributed by atoms with E-state index in [1.807, 2.05) is 13.8 Å². The molecule has 104 valence electrons. The zero-order valence-corrected chi connectivity index (χ0v) is 12.4. The van der Waals surface area contributed by atoms with E-state index in [1.165, 1.54) is 6.92 Å². The van der Waals surface area contributed by atoms with Crippen molar-refractivity contribution >= 4 is 11.9 Å². The first-order chi connectivity index (χ1) is 8.03. The van der Waals surface area contributed by atoms with Crippen LogP contribution in [0.2, 0.25) is 0 Å².